The van der Waals surface area contributed by atoms with Crippen LogP contribution in [0.3, 0.4) is 0 Å². The Morgan fingerprint density at radius 1 is 1.12 bits per heavy atom. The van der Waals surface area contributed by atoms with Crippen LogP contribution in [0.2, 0.25) is 0 Å². The fraction of sp³-hybridized carbons (Fsp3) is 0.500. The quantitative estimate of drug-likeness (QED) is 0.799. The van der Waals surface area contributed by atoms with Crippen molar-refractivity contribution in [3.05, 3.63) is 59.9 Å². The third-order valence-corrected chi connectivity index (χ3v) is 5.63. The van der Waals surface area contributed by atoms with E-state index in [-0.39, 0.29) is 5.54 Å². The molecule has 0 N–H and O–H groups in total. The van der Waals surface area contributed by atoms with Gasteiger partial charge in [-0.05, 0) is 51.2 Å². The van der Waals surface area contributed by atoms with Crippen LogP contribution in [0.5, 0.6) is 0 Å². The van der Waals surface area contributed by atoms with Crippen LogP contribution in [0.1, 0.15) is 57.6 Å². The molecule has 2 aliphatic rings. The van der Waals surface area contributed by atoms with Gasteiger partial charge >= 0.3 is 0 Å². The van der Waals surface area contributed by atoms with Crippen LogP contribution in [0.4, 0.5) is 0 Å². The number of hydrogen-bond acceptors (Lipinski definition) is 2. The highest BCUT2D eigenvalue weighted by Gasteiger charge is 2.34. The fourth-order valence-electron chi connectivity index (χ4n) is 4.23. The van der Waals surface area contributed by atoms with Crippen LogP contribution in [-0.2, 0) is 12.1 Å². The van der Waals surface area contributed by atoms with Crippen molar-refractivity contribution in [1.29, 1.82) is 0 Å². The molecule has 2 aromatic rings. The summed E-state index contributed by atoms with van der Waals surface area (Å²) in [5.41, 5.74) is 4.28. The highest BCUT2D eigenvalue weighted by Crippen LogP contribution is 2.38. The lowest BCUT2D eigenvalue weighted by atomic mass is 9.83. The van der Waals surface area contributed by atoms with E-state index in [1.807, 2.05) is 0 Å². The summed E-state index contributed by atoms with van der Waals surface area (Å²) in [6.07, 6.45) is 11.9. The van der Waals surface area contributed by atoms with Crippen LogP contribution in [0, 0.1) is 0 Å². The summed E-state index contributed by atoms with van der Waals surface area (Å²) in [6, 6.07) is 12.1. The number of fused-ring (bicyclic) bond motifs is 2. The summed E-state index contributed by atoms with van der Waals surface area (Å²) in [6.45, 7) is 7.68. The van der Waals surface area contributed by atoms with E-state index in [0.717, 1.165) is 13.0 Å². The first-order valence-electron chi connectivity index (χ1n) is 9.56. The van der Waals surface area contributed by atoms with Crippen LogP contribution in [-0.4, -0.2) is 26.8 Å². The van der Waals surface area contributed by atoms with E-state index in [0.29, 0.717) is 12.1 Å². The van der Waals surface area contributed by atoms with E-state index in [1.165, 1.54) is 36.0 Å². The minimum absolute atomic E-state index is 0.0443. The van der Waals surface area contributed by atoms with Gasteiger partial charge in [-0.2, -0.15) is 5.10 Å². The number of aromatic nitrogens is 2. The molecule has 3 nitrogen and oxygen atoms in total. The first-order chi connectivity index (χ1) is 12.0. The van der Waals surface area contributed by atoms with Crippen molar-refractivity contribution in [2.75, 3.05) is 0 Å². The normalized spacial score (nSPS) is 24.2. The summed E-state index contributed by atoms with van der Waals surface area (Å²) in [5.74, 6) is 0. The summed E-state index contributed by atoms with van der Waals surface area (Å²) < 4.78 is 2.09. The van der Waals surface area contributed by atoms with Crippen molar-refractivity contribution in [2.45, 2.75) is 70.6 Å². The Labute approximate surface area is 151 Å². The fourth-order valence-corrected chi connectivity index (χ4v) is 4.23. The van der Waals surface area contributed by atoms with E-state index in [1.54, 1.807) is 0 Å². The number of benzene rings is 1. The van der Waals surface area contributed by atoms with Gasteiger partial charge in [0, 0.05) is 30.4 Å². The predicted octanol–water partition coefficient (Wildman–Crippen LogP) is 4.85. The molecule has 1 fully saturated rings. The Bertz CT molecular complexity index is 751. The monoisotopic (exact) mass is 335 g/mol. The average Bonchev–Trinajstić information content (AvgIpc) is 3.06. The second-order valence-corrected chi connectivity index (χ2v) is 8.55. The lowest BCUT2D eigenvalue weighted by Crippen LogP contribution is -2.47. The molecule has 0 amide bonds. The van der Waals surface area contributed by atoms with E-state index < -0.39 is 0 Å². The van der Waals surface area contributed by atoms with E-state index >= 15 is 0 Å². The summed E-state index contributed by atoms with van der Waals surface area (Å²) in [4.78, 5) is 2.72. The van der Waals surface area contributed by atoms with Gasteiger partial charge in [-0.3, -0.25) is 9.58 Å². The zero-order chi connectivity index (χ0) is 17.4. The Morgan fingerprint density at radius 2 is 1.92 bits per heavy atom. The Hall–Kier alpha value is -1.87. The Morgan fingerprint density at radius 3 is 2.60 bits per heavy atom. The number of piperidine rings is 1. The van der Waals surface area contributed by atoms with Crippen LogP contribution >= 0.6 is 0 Å². The van der Waals surface area contributed by atoms with Crippen LogP contribution in [0.15, 0.2) is 48.8 Å². The molecule has 0 saturated carbocycles. The third-order valence-electron chi connectivity index (χ3n) is 5.63. The summed E-state index contributed by atoms with van der Waals surface area (Å²) in [5, 5.41) is 4.61. The molecule has 2 atom stereocenters. The topological polar surface area (TPSA) is 21.1 Å². The Kier molecular flexibility index (Phi) is 4.28. The molecule has 0 radical (unpaired) electrons. The number of nitrogens with zero attached hydrogens (tertiary/aromatic N) is 3. The summed E-state index contributed by atoms with van der Waals surface area (Å²) >= 11 is 0. The second kappa shape index (κ2) is 6.45. The van der Waals surface area contributed by atoms with Gasteiger partial charge in [-0.1, -0.05) is 42.8 Å². The highest BCUT2D eigenvalue weighted by molar-refractivity contribution is 5.66. The van der Waals surface area contributed by atoms with E-state index in [9.17, 15) is 0 Å². The molecule has 3 heterocycles. The molecule has 0 spiro atoms. The molecule has 0 aliphatic carbocycles. The molecule has 25 heavy (non-hydrogen) atoms. The number of rotatable bonds is 3. The van der Waals surface area contributed by atoms with E-state index in [4.69, 9.17) is 0 Å². The third kappa shape index (κ3) is 3.43. The molecule has 4 rings (SSSR count). The van der Waals surface area contributed by atoms with Crippen LogP contribution < -0.4 is 0 Å². The van der Waals surface area contributed by atoms with Gasteiger partial charge in [0.1, 0.15) is 0 Å². The largest absolute Gasteiger partial charge is 0.289 e. The predicted molar refractivity (Wildman–Crippen MR) is 103 cm³/mol. The molecule has 1 aromatic carbocycles. The van der Waals surface area contributed by atoms with E-state index in [2.05, 4.69) is 84.3 Å². The maximum absolute atomic E-state index is 4.61. The molecule has 2 aliphatic heterocycles. The number of hydrogen-bond donors (Lipinski definition) is 0. The molecule has 1 saturated heterocycles. The lowest BCUT2D eigenvalue weighted by Gasteiger charge is -2.45. The first-order valence-corrected chi connectivity index (χ1v) is 9.56. The van der Waals surface area contributed by atoms with Crippen molar-refractivity contribution in [2.24, 2.45) is 0 Å². The zero-order valence-corrected chi connectivity index (χ0v) is 15.7. The van der Waals surface area contributed by atoms with Crippen molar-refractivity contribution < 1.29 is 0 Å². The highest BCUT2D eigenvalue weighted by atomic mass is 15.3. The molecule has 1 aromatic heterocycles. The molecule has 132 valence electrons. The summed E-state index contributed by atoms with van der Waals surface area (Å²) in [7, 11) is 0. The van der Waals surface area contributed by atoms with Crippen molar-refractivity contribution in [1.82, 2.24) is 14.7 Å². The first kappa shape index (κ1) is 16.6. The molecule has 2 unspecified atom stereocenters. The molecule has 2 bridgehead atoms. The van der Waals surface area contributed by atoms with Crippen molar-refractivity contribution in [3.63, 3.8) is 0 Å². The molecular weight excluding hydrogens is 306 g/mol. The standard InChI is InChI=1S/C22H29N3/c1-22(2,3)25-16-19(14-23-25)18-12-20-10-7-11-21(13-18)24(20)15-17-8-5-4-6-9-17/h4-6,8-9,12,14,16,20-21H,7,10-11,13,15H2,1-3H3. The van der Waals surface area contributed by atoms with Gasteiger partial charge in [-0.15, -0.1) is 0 Å². The average molecular weight is 335 g/mol. The van der Waals surface area contributed by atoms with Gasteiger partial charge < -0.3 is 0 Å². The minimum atomic E-state index is 0.0443. The van der Waals surface area contributed by atoms with Gasteiger partial charge in [0.15, 0.2) is 0 Å². The van der Waals surface area contributed by atoms with Gasteiger partial charge in [0.25, 0.3) is 0 Å². The van der Waals surface area contributed by atoms with Gasteiger partial charge in [-0.25, -0.2) is 0 Å². The van der Waals surface area contributed by atoms with Crippen molar-refractivity contribution >= 4 is 5.57 Å². The van der Waals surface area contributed by atoms with Crippen molar-refractivity contribution in [3.8, 4) is 0 Å². The smallest absolute Gasteiger partial charge is 0.0565 e. The molecular formula is C22H29N3. The van der Waals surface area contributed by atoms with Gasteiger partial charge in [0.2, 0.25) is 0 Å². The lowest BCUT2D eigenvalue weighted by molar-refractivity contribution is 0.0951. The minimum Gasteiger partial charge on any atom is -0.289 e. The SMILES string of the molecule is CC(C)(C)n1cc(C2=CC3CCCC(C2)N3Cc2ccccc2)cn1. The maximum Gasteiger partial charge on any atom is 0.0565 e. The maximum atomic E-state index is 4.61. The van der Waals surface area contributed by atoms with Gasteiger partial charge in [0.05, 0.1) is 11.7 Å². The zero-order valence-electron chi connectivity index (χ0n) is 15.7. The Balaban J connectivity index is 1.58. The molecule has 3 heteroatoms. The van der Waals surface area contributed by atoms with Crippen LogP contribution in [0.25, 0.3) is 5.57 Å². The second-order valence-electron chi connectivity index (χ2n) is 8.55.